The van der Waals surface area contributed by atoms with Gasteiger partial charge < -0.3 is 4.90 Å². The minimum Gasteiger partial charge on any atom is -0.308 e. The molecule has 0 bridgehead atoms. The van der Waals surface area contributed by atoms with Crippen molar-refractivity contribution in [3.05, 3.63) is 53.6 Å². The van der Waals surface area contributed by atoms with E-state index in [9.17, 15) is 13.2 Å². The molecule has 10 heteroatoms. The van der Waals surface area contributed by atoms with Crippen LogP contribution in [0.2, 0.25) is 0 Å². The number of nitrogens with zero attached hydrogens (tertiary/aromatic N) is 4. The summed E-state index contributed by atoms with van der Waals surface area (Å²) < 4.78 is 24.9. The molecule has 0 spiro atoms. The largest absolute Gasteiger partial charge is 0.308 e. The number of halogens is 1. The third kappa shape index (κ3) is 5.15. The maximum Gasteiger partial charge on any atom is 0.260 e. The lowest BCUT2D eigenvalue weighted by molar-refractivity contribution is 0.0985. The van der Waals surface area contributed by atoms with E-state index in [1.54, 1.807) is 41.3 Å². The van der Waals surface area contributed by atoms with Crippen molar-refractivity contribution in [2.45, 2.75) is 4.90 Å². The third-order valence-electron chi connectivity index (χ3n) is 4.28. The molecule has 0 aliphatic rings. The highest BCUT2D eigenvalue weighted by atomic mass is 35.5. The van der Waals surface area contributed by atoms with Crippen molar-refractivity contribution in [2.24, 2.45) is 0 Å². The Kier molecular flexibility index (Phi) is 7.55. The summed E-state index contributed by atoms with van der Waals surface area (Å²) in [4.78, 5) is 21.4. The summed E-state index contributed by atoms with van der Waals surface area (Å²) >= 11 is 1.28. The van der Waals surface area contributed by atoms with E-state index in [2.05, 4.69) is 4.98 Å². The zero-order valence-electron chi connectivity index (χ0n) is 16.7. The van der Waals surface area contributed by atoms with Gasteiger partial charge in [0.05, 0.1) is 21.2 Å². The van der Waals surface area contributed by atoms with Crippen LogP contribution in [-0.4, -0.2) is 57.6 Å². The van der Waals surface area contributed by atoms with Gasteiger partial charge in [-0.3, -0.25) is 9.69 Å². The van der Waals surface area contributed by atoms with Crippen LogP contribution in [0, 0.1) is 11.3 Å². The summed E-state index contributed by atoms with van der Waals surface area (Å²) in [5.41, 5.74) is 1.28. The maximum absolute atomic E-state index is 13.2. The first-order valence-electron chi connectivity index (χ1n) is 8.77. The van der Waals surface area contributed by atoms with Gasteiger partial charge in [0.25, 0.3) is 5.91 Å². The van der Waals surface area contributed by atoms with Gasteiger partial charge in [0.15, 0.2) is 15.0 Å². The molecule has 0 saturated carbocycles. The normalized spacial score (nSPS) is 11.2. The van der Waals surface area contributed by atoms with Gasteiger partial charge in [-0.2, -0.15) is 5.26 Å². The smallest absolute Gasteiger partial charge is 0.260 e. The Morgan fingerprint density at radius 2 is 1.80 bits per heavy atom. The highest BCUT2D eigenvalue weighted by molar-refractivity contribution is 7.91. The van der Waals surface area contributed by atoms with Crippen LogP contribution in [0.4, 0.5) is 5.13 Å². The van der Waals surface area contributed by atoms with Gasteiger partial charge in [-0.25, -0.2) is 13.4 Å². The zero-order chi connectivity index (χ0) is 21.2. The van der Waals surface area contributed by atoms with Crippen LogP contribution in [0.1, 0.15) is 15.9 Å². The number of hydrogen-bond acceptors (Lipinski definition) is 7. The number of benzene rings is 2. The molecule has 0 fully saturated rings. The minimum absolute atomic E-state index is 0. The van der Waals surface area contributed by atoms with Crippen LogP contribution in [0.3, 0.4) is 0 Å². The summed E-state index contributed by atoms with van der Waals surface area (Å²) in [5, 5.41) is 9.40. The number of amides is 1. The van der Waals surface area contributed by atoms with Gasteiger partial charge in [0.1, 0.15) is 5.52 Å². The summed E-state index contributed by atoms with van der Waals surface area (Å²) in [6, 6.07) is 13.4. The van der Waals surface area contributed by atoms with Crippen LogP contribution < -0.4 is 4.90 Å². The highest BCUT2D eigenvalue weighted by Crippen LogP contribution is 2.33. The van der Waals surface area contributed by atoms with E-state index in [4.69, 9.17) is 5.26 Å². The Hall–Kier alpha value is -2.51. The molecule has 3 aromatic rings. The lowest BCUT2D eigenvalue weighted by Gasteiger charge is -2.22. The molecule has 1 aromatic heterocycles. The molecular weight excluding hydrogens is 444 g/mol. The number of likely N-dealkylation sites (N-methyl/N-ethyl adjacent to an activating group) is 1. The quantitative estimate of drug-likeness (QED) is 0.556. The number of para-hydroxylation sites is 1. The fourth-order valence-electron chi connectivity index (χ4n) is 2.75. The van der Waals surface area contributed by atoms with E-state index in [1.165, 1.54) is 17.4 Å². The Labute approximate surface area is 185 Å². The van der Waals surface area contributed by atoms with Crippen molar-refractivity contribution in [3.63, 3.8) is 0 Å². The number of fused-ring (bicyclic) bond motifs is 1. The number of hydrogen-bond donors (Lipinski definition) is 0. The molecule has 7 nitrogen and oxygen atoms in total. The van der Waals surface area contributed by atoms with Crippen LogP contribution in [0.25, 0.3) is 10.2 Å². The molecule has 30 heavy (non-hydrogen) atoms. The number of nitriles is 1. The van der Waals surface area contributed by atoms with Gasteiger partial charge in [-0.15, -0.1) is 12.4 Å². The number of anilines is 1. The van der Waals surface area contributed by atoms with E-state index in [0.29, 0.717) is 39.6 Å². The number of rotatable bonds is 6. The summed E-state index contributed by atoms with van der Waals surface area (Å²) in [7, 11) is 0.369. The third-order valence-corrected chi connectivity index (χ3v) is 6.45. The standard InChI is InChI=1S/C20H20N4O3S2.ClH/c1-23(2)11-12-24(19(25)15-9-7-14(13-21)8-10-15)20-22-18-16(28-20)5-4-6-17(18)29(3,26)27;/h4-10H,11-12H2,1-3H3;1H. The molecule has 0 saturated heterocycles. The summed E-state index contributed by atoms with van der Waals surface area (Å²) in [6.07, 6.45) is 1.15. The predicted molar refractivity (Wildman–Crippen MR) is 121 cm³/mol. The van der Waals surface area contributed by atoms with E-state index >= 15 is 0 Å². The zero-order valence-corrected chi connectivity index (χ0v) is 19.1. The summed E-state index contributed by atoms with van der Waals surface area (Å²) in [6.45, 7) is 0.997. The van der Waals surface area contributed by atoms with Crippen LogP contribution in [0.15, 0.2) is 47.4 Å². The topological polar surface area (TPSA) is 94.4 Å². The number of thiazole rings is 1. The lowest BCUT2D eigenvalue weighted by Crippen LogP contribution is -2.36. The van der Waals surface area contributed by atoms with Crippen LogP contribution in [0.5, 0.6) is 0 Å². The number of carbonyl (C=O) groups excluding carboxylic acids is 1. The minimum atomic E-state index is -3.45. The second kappa shape index (κ2) is 9.53. The number of sulfone groups is 1. The van der Waals surface area contributed by atoms with Crippen molar-refractivity contribution in [1.29, 1.82) is 5.26 Å². The monoisotopic (exact) mass is 464 g/mol. The van der Waals surface area contributed by atoms with Crippen LogP contribution >= 0.6 is 23.7 Å². The van der Waals surface area contributed by atoms with E-state index < -0.39 is 9.84 Å². The molecule has 0 aliphatic heterocycles. The van der Waals surface area contributed by atoms with E-state index in [0.717, 1.165) is 6.26 Å². The van der Waals surface area contributed by atoms with Crippen molar-refractivity contribution >= 4 is 54.8 Å². The Morgan fingerprint density at radius 1 is 1.13 bits per heavy atom. The van der Waals surface area contributed by atoms with Gasteiger partial charge in [0, 0.05) is 24.9 Å². The molecule has 3 rings (SSSR count). The second-order valence-electron chi connectivity index (χ2n) is 6.82. The van der Waals surface area contributed by atoms with Crippen molar-refractivity contribution in [2.75, 3.05) is 38.3 Å². The molecule has 158 valence electrons. The van der Waals surface area contributed by atoms with Gasteiger partial charge in [0.2, 0.25) is 0 Å². The van der Waals surface area contributed by atoms with Gasteiger partial charge >= 0.3 is 0 Å². The average molecular weight is 465 g/mol. The predicted octanol–water partition coefficient (Wildman–Crippen LogP) is 3.20. The highest BCUT2D eigenvalue weighted by Gasteiger charge is 2.23. The molecule has 0 aliphatic carbocycles. The van der Waals surface area contributed by atoms with E-state index in [1.807, 2.05) is 25.1 Å². The lowest BCUT2D eigenvalue weighted by atomic mass is 10.1. The van der Waals surface area contributed by atoms with Crippen molar-refractivity contribution in [1.82, 2.24) is 9.88 Å². The molecule has 0 radical (unpaired) electrons. The van der Waals surface area contributed by atoms with E-state index in [-0.39, 0.29) is 23.2 Å². The Balaban J connectivity index is 0.00000320. The maximum atomic E-state index is 13.2. The van der Waals surface area contributed by atoms with Crippen molar-refractivity contribution < 1.29 is 13.2 Å². The first-order valence-corrected chi connectivity index (χ1v) is 11.5. The first-order chi connectivity index (χ1) is 13.7. The fourth-order valence-corrected chi connectivity index (χ4v) is 4.67. The molecular formula is C20H21ClN4O3S2. The molecule has 0 atom stereocenters. The molecule has 1 heterocycles. The number of carbonyl (C=O) groups is 1. The fraction of sp³-hybridized carbons (Fsp3) is 0.250. The first kappa shape index (κ1) is 23.8. The average Bonchev–Trinajstić information content (AvgIpc) is 3.10. The van der Waals surface area contributed by atoms with Gasteiger partial charge in [-0.1, -0.05) is 17.4 Å². The van der Waals surface area contributed by atoms with Crippen molar-refractivity contribution in [3.8, 4) is 6.07 Å². The summed E-state index contributed by atoms with van der Waals surface area (Å²) in [5.74, 6) is -0.253. The molecule has 0 unspecified atom stereocenters. The second-order valence-corrected chi connectivity index (χ2v) is 9.81. The molecule has 0 N–H and O–H groups in total. The molecule has 1 amide bonds. The SMILES string of the molecule is CN(C)CCN(C(=O)c1ccc(C#N)cc1)c1nc2c(S(C)(=O)=O)cccc2s1.Cl. The Morgan fingerprint density at radius 3 is 2.37 bits per heavy atom. The Bertz CT molecular complexity index is 1200. The molecule has 2 aromatic carbocycles. The van der Waals surface area contributed by atoms with Crippen LogP contribution in [-0.2, 0) is 9.84 Å². The van der Waals surface area contributed by atoms with Gasteiger partial charge in [-0.05, 0) is 50.5 Å². The number of aromatic nitrogens is 1.